The minimum atomic E-state index is -0.197. The quantitative estimate of drug-likeness (QED) is 0.654. The number of halogens is 2. The topological polar surface area (TPSA) is 64.0 Å². The van der Waals surface area contributed by atoms with Gasteiger partial charge in [0.2, 0.25) is 5.91 Å². The SMILES string of the molecule is O=C(CCCn1nc(-c2ccccc2)ccc1=O)Nc1cc(Cl)cc(Cl)c1. The zero-order valence-corrected chi connectivity index (χ0v) is 15.9. The Morgan fingerprint density at radius 3 is 2.41 bits per heavy atom. The number of aryl methyl sites for hydroxylation is 1. The van der Waals surface area contributed by atoms with Crippen molar-refractivity contribution in [2.75, 3.05) is 5.32 Å². The predicted octanol–water partition coefficient (Wildman–Crippen LogP) is 4.64. The van der Waals surface area contributed by atoms with Crippen molar-refractivity contribution < 1.29 is 4.79 Å². The Bertz CT molecular complexity index is 983. The number of hydrogen-bond acceptors (Lipinski definition) is 3. The molecule has 0 saturated carbocycles. The molecule has 3 rings (SSSR count). The number of benzene rings is 2. The standard InChI is InChI=1S/C20H17Cl2N3O2/c21-15-11-16(22)13-17(12-15)23-19(26)7-4-10-25-20(27)9-8-18(24-25)14-5-2-1-3-6-14/h1-3,5-6,8-9,11-13H,4,7,10H2,(H,23,26). The third kappa shape index (κ3) is 5.42. The van der Waals surface area contributed by atoms with Gasteiger partial charge in [0.05, 0.1) is 5.69 Å². The number of anilines is 1. The molecule has 3 aromatic rings. The van der Waals surface area contributed by atoms with E-state index in [0.717, 1.165) is 5.56 Å². The summed E-state index contributed by atoms with van der Waals surface area (Å²) >= 11 is 11.8. The lowest BCUT2D eigenvalue weighted by Gasteiger charge is -2.08. The molecule has 27 heavy (non-hydrogen) atoms. The zero-order valence-electron chi connectivity index (χ0n) is 14.4. The van der Waals surface area contributed by atoms with Gasteiger partial charge in [0.15, 0.2) is 0 Å². The number of amides is 1. The molecule has 0 bridgehead atoms. The third-order valence-corrected chi connectivity index (χ3v) is 4.29. The van der Waals surface area contributed by atoms with Crippen LogP contribution in [-0.4, -0.2) is 15.7 Å². The van der Waals surface area contributed by atoms with Gasteiger partial charge in [0.1, 0.15) is 0 Å². The highest BCUT2D eigenvalue weighted by molar-refractivity contribution is 6.35. The van der Waals surface area contributed by atoms with Crippen molar-refractivity contribution in [2.45, 2.75) is 19.4 Å². The van der Waals surface area contributed by atoms with Crippen LogP contribution in [0.2, 0.25) is 10.0 Å². The Kier molecular flexibility index (Phi) is 6.27. The van der Waals surface area contributed by atoms with E-state index < -0.39 is 0 Å². The molecule has 2 aromatic carbocycles. The van der Waals surface area contributed by atoms with Crippen molar-refractivity contribution in [3.05, 3.63) is 81.1 Å². The van der Waals surface area contributed by atoms with Gasteiger partial charge >= 0.3 is 0 Å². The second-order valence-electron chi connectivity index (χ2n) is 5.96. The number of rotatable bonds is 6. The molecule has 1 heterocycles. The molecule has 0 aliphatic rings. The van der Waals surface area contributed by atoms with Crippen LogP contribution in [-0.2, 0) is 11.3 Å². The van der Waals surface area contributed by atoms with E-state index in [9.17, 15) is 9.59 Å². The van der Waals surface area contributed by atoms with Crippen LogP contribution in [0.5, 0.6) is 0 Å². The highest BCUT2D eigenvalue weighted by Gasteiger charge is 2.07. The summed E-state index contributed by atoms with van der Waals surface area (Å²) in [5.74, 6) is -0.180. The van der Waals surface area contributed by atoms with E-state index in [-0.39, 0.29) is 17.9 Å². The van der Waals surface area contributed by atoms with Crippen molar-refractivity contribution >= 4 is 34.8 Å². The normalized spacial score (nSPS) is 10.6. The lowest BCUT2D eigenvalue weighted by Crippen LogP contribution is -2.23. The maximum atomic E-state index is 12.1. The van der Waals surface area contributed by atoms with Crippen LogP contribution in [0, 0.1) is 0 Å². The first kappa shape index (κ1) is 19.1. The van der Waals surface area contributed by atoms with E-state index in [1.165, 1.54) is 10.7 Å². The van der Waals surface area contributed by atoms with E-state index in [2.05, 4.69) is 10.4 Å². The number of hydrogen-bond donors (Lipinski definition) is 1. The second-order valence-corrected chi connectivity index (χ2v) is 6.83. The summed E-state index contributed by atoms with van der Waals surface area (Å²) in [6, 6.07) is 17.6. The van der Waals surface area contributed by atoms with Gasteiger partial charge in [-0.25, -0.2) is 4.68 Å². The molecule has 0 saturated heterocycles. The van der Waals surface area contributed by atoms with Gasteiger partial charge in [-0.3, -0.25) is 9.59 Å². The summed E-state index contributed by atoms with van der Waals surface area (Å²) in [4.78, 5) is 24.1. The number of carbonyl (C=O) groups excluding carboxylic acids is 1. The Balaban J connectivity index is 1.60. The van der Waals surface area contributed by atoms with Crippen LogP contribution >= 0.6 is 23.2 Å². The first-order chi connectivity index (χ1) is 13.0. The number of carbonyl (C=O) groups is 1. The van der Waals surface area contributed by atoms with Crippen LogP contribution in [0.1, 0.15) is 12.8 Å². The summed E-state index contributed by atoms with van der Waals surface area (Å²) in [6.07, 6.45) is 0.721. The number of nitrogens with zero attached hydrogens (tertiary/aromatic N) is 2. The van der Waals surface area contributed by atoms with Crippen molar-refractivity contribution in [1.82, 2.24) is 9.78 Å². The van der Waals surface area contributed by atoms with Gasteiger partial charge < -0.3 is 5.32 Å². The van der Waals surface area contributed by atoms with E-state index >= 15 is 0 Å². The summed E-state index contributed by atoms with van der Waals surface area (Å²) in [7, 11) is 0. The fourth-order valence-electron chi connectivity index (χ4n) is 2.61. The number of nitrogens with one attached hydrogen (secondary N) is 1. The molecule has 1 N–H and O–H groups in total. The molecule has 138 valence electrons. The van der Waals surface area contributed by atoms with E-state index in [1.54, 1.807) is 24.3 Å². The molecule has 5 nitrogen and oxygen atoms in total. The van der Waals surface area contributed by atoms with Crippen LogP contribution < -0.4 is 10.9 Å². The Morgan fingerprint density at radius 2 is 1.70 bits per heavy atom. The highest BCUT2D eigenvalue weighted by Crippen LogP contribution is 2.22. The molecule has 0 unspecified atom stereocenters. The van der Waals surface area contributed by atoms with Gasteiger partial charge in [0.25, 0.3) is 5.56 Å². The summed E-state index contributed by atoms with van der Waals surface area (Å²) in [5.41, 5.74) is 1.99. The summed E-state index contributed by atoms with van der Waals surface area (Å²) in [5, 5.41) is 8.03. The minimum Gasteiger partial charge on any atom is -0.326 e. The lowest BCUT2D eigenvalue weighted by molar-refractivity contribution is -0.116. The predicted molar refractivity (Wildman–Crippen MR) is 108 cm³/mol. The van der Waals surface area contributed by atoms with Gasteiger partial charge in [-0.15, -0.1) is 0 Å². The maximum Gasteiger partial charge on any atom is 0.266 e. The van der Waals surface area contributed by atoms with Crippen molar-refractivity contribution in [3.8, 4) is 11.3 Å². The fraction of sp³-hybridized carbons (Fsp3) is 0.150. The molecule has 1 amide bonds. The zero-order chi connectivity index (χ0) is 19.2. The van der Waals surface area contributed by atoms with Crippen molar-refractivity contribution in [1.29, 1.82) is 0 Å². The monoisotopic (exact) mass is 401 g/mol. The summed E-state index contributed by atoms with van der Waals surface area (Å²) in [6.45, 7) is 0.350. The Hall–Kier alpha value is -2.63. The molecular formula is C20H17Cl2N3O2. The molecule has 0 aliphatic carbocycles. The highest BCUT2D eigenvalue weighted by atomic mass is 35.5. The second kappa shape index (κ2) is 8.84. The number of aromatic nitrogens is 2. The molecule has 7 heteroatoms. The smallest absolute Gasteiger partial charge is 0.266 e. The van der Waals surface area contributed by atoms with Crippen molar-refractivity contribution in [3.63, 3.8) is 0 Å². The molecule has 0 spiro atoms. The van der Waals surface area contributed by atoms with E-state index in [1.807, 2.05) is 30.3 Å². The largest absolute Gasteiger partial charge is 0.326 e. The fourth-order valence-corrected chi connectivity index (χ4v) is 3.14. The molecular weight excluding hydrogens is 385 g/mol. The Morgan fingerprint density at radius 1 is 1.00 bits per heavy atom. The average molecular weight is 402 g/mol. The van der Waals surface area contributed by atoms with Crippen LogP contribution in [0.15, 0.2) is 65.5 Å². The van der Waals surface area contributed by atoms with Crippen LogP contribution in [0.3, 0.4) is 0 Å². The molecule has 0 atom stereocenters. The van der Waals surface area contributed by atoms with Gasteiger partial charge in [-0.2, -0.15) is 5.10 Å². The molecule has 0 radical (unpaired) electrons. The summed E-state index contributed by atoms with van der Waals surface area (Å²) < 4.78 is 1.38. The van der Waals surface area contributed by atoms with Crippen LogP contribution in [0.25, 0.3) is 11.3 Å². The van der Waals surface area contributed by atoms with Gasteiger partial charge in [0, 0.05) is 40.3 Å². The third-order valence-electron chi connectivity index (χ3n) is 3.86. The Labute approximate surface area is 166 Å². The van der Waals surface area contributed by atoms with Crippen molar-refractivity contribution in [2.24, 2.45) is 0 Å². The molecule has 1 aromatic heterocycles. The van der Waals surface area contributed by atoms with Gasteiger partial charge in [-0.1, -0.05) is 53.5 Å². The first-order valence-corrected chi connectivity index (χ1v) is 9.16. The minimum absolute atomic E-state index is 0.180. The van der Waals surface area contributed by atoms with E-state index in [0.29, 0.717) is 34.4 Å². The molecule has 0 aliphatic heterocycles. The van der Waals surface area contributed by atoms with E-state index in [4.69, 9.17) is 23.2 Å². The lowest BCUT2D eigenvalue weighted by atomic mass is 10.1. The van der Waals surface area contributed by atoms with Gasteiger partial charge in [-0.05, 0) is 30.7 Å². The average Bonchev–Trinajstić information content (AvgIpc) is 2.63. The first-order valence-electron chi connectivity index (χ1n) is 8.41. The van der Waals surface area contributed by atoms with Crippen LogP contribution in [0.4, 0.5) is 5.69 Å². The maximum absolute atomic E-state index is 12.1. The molecule has 0 fully saturated rings.